The highest BCUT2D eigenvalue weighted by Crippen LogP contribution is 2.21. The predicted octanol–water partition coefficient (Wildman–Crippen LogP) is 4.41. The van der Waals surface area contributed by atoms with E-state index in [9.17, 15) is 0 Å². The Balaban J connectivity index is 1.96. The molecule has 2 rings (SSSR count). The van der Waals surface area contributed by atoms with Crippen molar-refractivity contribution in [3.63, 3.8) is 0 Å². The van der Waals surface area contributed by atoms with Crippen molar-refractivity contribution >= 4 is 17.0 Å². The number of nitrogens with zero attached hydrogens (tertiary/aromatic N) is 1. The molecule has 1 aromatic heterocycles. The number of anilines is 1. The summed E-state index contributed by atoms with van der Waals surface area (Å²) in [6, 6.07) is 8.12. The number of benzene rings is 1. The van der Waals surface area contributed by atoms with E-state index < -0.39 is 0 Å². The summed E-state index contributed by atoms with van der Waals surface area (Å²) in [6.07, 6.45) is 0. The lowest BCUT2D eigenvalue weighted by molar-refractivity contribution is 0.271. The van der Waals surface area contributed by atoms with E-state index in [2.05, 4.69) is 37.1 Å². The molecule has 2 aromatic rings. The molecule has 20 heavy (non-hydrogen) atoms. The van der Waals surface area contributed by atoms with E-state index in [1.165, 1.54) is 4.88 Å². The minimum Gasteiger partial charge on any atom is -0.493 e. The maximum Gasteiger partial charge on any atom is 0.121 e. The molecule has 0 saturated heterocycles. The predicted molar refractivity (Wildman–Crippen MR) is 85.7 cm³/mol. The summed E-state index contributed by atoms with van der Waals surface area (Å²) in [5.74, 6) is 1.45. The van der Waals surface area contributed by atoms with Crippen LogP contribution in [0.4, 0.5) is 5.69 Å². The highest BCUT2D eigenvalue weighted by Gasteiger charge is 2.05. The summed E-state index contributed by atoms with van der Waals surface area (Å²) >= 11 is 1.75. The largest absolute Gasteiger partial charge is 0.493 e. The fourth-order valence-corrected chi connectivity index (χ4v) is 2.76. The Bertz CT molecular complexity index is 563. The van der Waals surface area contributed by atoms with Crippen LogP contribution in [0.2, 0.25) is 0 Å². The fourth-order valence-electron chi connectivity index (χ4n) is 1.88. The molecule has 0 amide bonds. The lowest BCUT2D eigenvalue weighted by Crippen LogP contribution is -2.05. The molecule has 0 spiro atoms. The van der Waals surface area contributed by atoms with Crippen molar-refractivity contribution in [3.8, 4) is 5.75 Å². The van der Waals surface area contributed by atoms with Crippen molar-refractivity contribution in [2.45, 2.75) is 34.2 Å². The number of hydrogen-bond donors (Lipinski definition) is 1. The van der Waals surface area contributed by atoms with E-state index in [4.69, 9.17) is 4.74 Å². The number of aromatic nitrogens is 1. The molecule has 1 N–H and O–H groups in total. The third-order valence-corrected chi connectivity index (χ3v) is 3.94. The highest BCUT2D eigenvalue weighted by molar-refractivity contribution is 7.11. The molecule has 0 bridgehead atoms. The summed E-state index contributed by atoms with van der Waals surface area (Å²) in [5.41, 5.74) is 2.20. The van der Waals surface area contributed by atoms with E-state index in [1.54, 1.807) is 11.3 Å². The smallest absolute Gasteiger partial charge is 0.121 e. The maximum absolute atomic E-state index is 5.74. The van der Waals surface area contributed by atoms with Crippen molar-refractivity contribution in [3.05, 3.63) is 39.8 Å². The van der Waals surface area contributed by atoms with Crippen molar-refractivity contribution in [1.82, 2.24) is 4.98 Å². The van der Waals surface area contributed by atoms with E-state index in [1.807, 2.05) is 25.1 Å². The normalized spacial score (nSPS) is 10.8. The molecule has 108 valence electrons. The van der Waals surface area contributed by atoms with Crippen LogP contribution in [0.5, 0.6) is 5.75 Å². The lowest BCUT2D eigenvalue weighted by atomic mass is 10.2. The molecule has 0 fully saturated rings. The first-order chi connectivity index (χ1) is 9.54. The molecule has 0 saturated carbocycles. The average Bonchev–Trinajstić information content (AvgIpc) is 2.73. The van der Waals surface area contributed by atoms with Gasteiger partial charge in [-0.3, -0.25) is 0 Å². The lowest BCUT2D eigenvalue weighted by Gasteiger charge is -2.11. The van der Waals surface area contributed by atoms with Gasteiger partial charge in [0.15, 0.2) is 0 Å². The van der Waals surface area contributed by atoms with Crippen LogP contribution in [0, 0.1) is 19.8 Å². The molecule has 0 aliphatic heterocycles. The number of hydrogen-bond acceptors (Lipinski definition) is 4. The number of rotatable bonds is 6. The molecular weight excluding hydrogens is 268 g/mol. The topological polar surface area (TPSA) is 34.2 Å². The van der Waals surface area contributed by atoms with Gasteiger partial charge in [-0.25, -0.2) is 4.98 Å². The molecule has 0 radical (unpaired) electrons. The molecular formula is C16H22N2OS. The standard InChI is InChI=1S/C16H22N2OS/c1-11(2)10-19-15-7-5-6-14(8-15)17-9-16-12(3)18-13(4)20-16/h5-8,11,17H,9-10H2,1-4H3. The second-order valence-electron chi connectivity index (χ2n) is 5.33. The van der Waals surface area contributed by atoms with Crippen LogP contribution >= 0.6 is 11.3 Å². The molecule has 0 aliphatic carbocycles. The van der Waals surface area contributed by atoms with Crippen LogP contribution in [-0.4, -0.2) is 11.6 Å². The number of ether oxygens (including phenoxy) is 1. The van der Waals surface area contributed by atoms with Gasteiger partial charge in [0, 0.05) is 16.6 Å². The Hall–Kier alpha value is -1.55. The SMILES string of the molecule is Cc1nc(C)c(CNc2cccc(OCC(C)C)c2)s1. The number of thiazole rings is 1. The van der Waals surface area contributed by atoms with E-state index in [0.717, 1.165) is 35.3 Å². The van der Waals surface area contributed by atoms with E-state index in [0.29, 0.717) is 5.92 Å². The minimum absolute atomic E-state index is 0.537. The van der Waals surface area contributed by atoms with Gasteiger partial charge in [0.25, 0.3) is 0 Å². The Kier molecular flexibility index (Phi) is 5.01. The zero-order chi connectivity index (χ0) is 14.5. The second-order valence-corrected chi connectivity index (χ2v) is 6.62. The van der Waals surface area contributed by atoms with Crippen molar-refractivity contribution in [2.24, 2.45) is 5.92 Å². The van der Waals surface area contributed by atoms with Crippen LogP contribution in [0.15, 0.2) is 24.3 Å². The van der Waals surface area contributed by atoms with Crippen molar-refractivity contribution in [2.75, 3.05) is 11.9 Å². The van der Waals surface area contributed by atoms with E-state index in [-0.39, 0.29) is 0 Å². The molecule has 0 unspecified atom stereocenters. The molecule has 1 heterocycles. The van der Waals surface area contributed by atoms with Crippen molar-refractivity contribution in [1.29, 1.82) is 0 Å². The van der Waals surface area contributed by atoms with Gasteiger partial charge in [0.05, 0.1) is 23.9 Å². The van der Waals surface area contributed by atoms with Crippen molar-refractivity contribution < 1.29 is 4.74 Å². The van der Waals surface area contributed by atoms with Gasteiger partial charge in [-0.15, -0.1) is 11.3 Å². The summed E-state index contributed by atoms with van der Waals surface area (Å²) in [5, 5.41) is 4.55. The summed E-state index contributed by atoms with van der Waals surface area (Å²) < 4.78 is 5.74. The number of aryl methyl sites for hydroxylation is 2. The first-order valence-electron chi connectivity index (χ1n) is 6.94. The Morgan fingerprint density at radius 1 is 1.30 bits per heavy atom. The first kappa shape index (κ1) is 14.9. The highest BCUT2D eigenvalue weighted by atomic mass is 32.1. The van der Waals surface area contributed by atoms with Gasteiger partial charge in [-0.1, -0.05) is 19.9 Å². The Labute approximate surface area is 125 Å². The summed E-state index contributed by atoms with van der Waals surface area (Å²) in [6.45, 7) is 9.96. The van der Waals surface area contributed by atoms with Crippen LogP contribution < -0.4 is 10.1 Å². The molecule has 3 nitrogen and oxygen atoms in total. The second kappa shape index (κ2) is 6.75. The minimum atomic E-state index is 0.537. The molecule has 0 atom stereocenters. The zero-order valence-corrected chi connectivity index (χ0v) is 13.4. The summed E-state index contributed by atoms with van der Waals surface area (Å²) in [7, 11) is 0. The zero-order valence-electron chi connectivity index (χ0n) is 12.6. The van der Waals surface area contributed by atoms with Gasteiger partial charge in [0.1, 0.15) is 5.75 Å². The quantitative estimate of drug-likeness (QED) is 0.856. The monoisotopic (exact) mass is 290 g/mol. The Morgan fingerprint density at radius 2 is 2.10 bits per heavy atom. The van der Waals surface area contributed by atoms with Gasteiger partial charge in [0.2, 0.25) is 0 Å². The molecule has 4 heteroatoms. The van der Waals surface area contributed by atoms with E-state index >= 15 is 0 Å². The summed E-state index contributed by atoms with van der Waals surface area (Å²) in [4.78, 5) is 5.73. The third-order valence-electron chi connectivity index (χ3n) is 2.87. The third kappa shape index (κ3) is 4.23. The van der Waals surface area contributed by atoms with Gasteiger partial charge in [-0.05, 0) is 31.9 Å². The first-order valence-corrected chi connectivity index (χ1v) is 7.76. The van der Waals surface area contributed by atoms with Gasteiger partial charge < -0.3 is 10.1 Å². The van der Waals surface area contributed by atoms with Crippen LogP contribution in [0.3, 0.4) is 0 Å². The maximum atomic E-state index is 5.74. The van der Waals surface area contributed by atoms with Gasteiger partial charge >= 0.3 is 0 Å². The van der Waals surface area contributed by atoms with Crippen LogP contribution in [-0.2, 0) is 6.54 Å². The average molecular weight is 290 g/mol. The Morgan fingerprint density at radius 3 is 2.75 bits per heavy atom. The molecule has 1 aromatic carbocycles. The van der Waals surface area contributed by atoms with Gasteiger partial charge in [-0.2, -0.15) is 0 Å². The fraction of sp³-hybridized carbons (Fsp3) is 0.438. The van der Waals surface area contributed by atoms with Crippen LogP contribution in [0.1, 0.15) is 29.4 Å². The molecule has 0 aliphatic rings. The number of nitrogens with one attached hydrogen (secondary N) is 1. The van der Waals surface area contributed by atoms with Crippen LogP contribution in [0.25, 0.3) is 0 Å².